The highest BCUT2D eigenvalue weighted by Crippen LogP contribution is 2.24. The monoisotopic (exact) mass is 312 g/mol. The van der Waals surface area contributed by atoms with Gasteiger partial charge in [-0.25, -0.2) is 0 Å². The standard InChI is InChI=1S/C10H21BrN2O2S/c1-3-12(4-2)16(14,15)13-8-6-10(9-13)5-7-11/h10H,3-9H2,1-2H3. The van der Waals surface area contributed by atoms with Gasteiger partial charge in [0.1, 0.15) is 0 Å². The Bertz CT molecular complexity index is 304. The number of hydrogen-bond acceptors (Lipinski definition) is 2. The SMILES string of the molecule is CCN(CC)S(=O)(=O)N1CCC(CCBr)C1. The van der Waals surface area contributed by atoms with Gasteiger partial charge in [-0.15, -0.1) is 0 Å². The minimum absolute atomic E-state index is 0.518. The van der Waals surface area contributed by atoms with Crippen molar-refractivity contribution in [2.75, 3.05) is 31.5 Å². The van der Waals surface area contributed by atoms with E-state index in [-0.39, 0.29) is 0 Å². The Morgan fingerprint density at radius 1 is 1.38 bits per heavy atom. The molecule has 0 N–H and O–H groups in total. The highest BCUT2D eigenvalue weighted by atomic mass is 79.9. The Morgan fingerprint density at radius 3 is 2.50 bits per heavy atom. The lowest BCUT2D eigenvalue weighted by atomic mass is 10.1. The van der Waals surface area contributed by atoms with Crippen LogP contribution in [0.5, 0.6) is 0 Å². The van der Waals surface area contributed by atoms with Crippen LogP contribution < -0.4 is 0 Å². The maximum Gasteiger partial charge on any atom is 0.281 e. The number of rotatable bonds is 6. The number of alkyl halides is 1. The molecule has 1 fully saturated rings. The molecule has 0 aliphatic carbocycles. The first-order valence-electron chi connectivity index (χ1n) is 5.87. The maximum absolute atomic E-state index is 12.2. The molecule has 1 unspecified atom stereocenters. The van der Waals surface area contributed by atoms with E-state index in [4.69, 9.17) is 0 Å². The zero-order chi connectivity index (χ0) is 12.2. The number of hydrogen-bond donors (Lipinski definition) is 0. The van der Waals surface area contributed by atoms with Crippen molar-refractivity contribution >= 4 is 26.1 Å². The molecule has 1 atom stereocenters. The molecule has 1 aliphatic heterocycles. The number of halogens is 1. The molecule has 1 saturated heterocycles. The van der Waals surface area contributed by atoms with Gasteiger partial charge in [-0.3, -0.25) is 0 Å². The van der Waals surface area contributed by atoms with E-state index in [1.54, 1.807) is 4.31 Å². The van der Waals surface area contributed by atoms with Crippen LogP contribution in [0.1, 0.15) is 26.7 Å². The quantitative estimate of drug-likeness (QED) is 0.700. The molecule has 4 nitrogen and oxygen atoms in total. The van der Waals surface area contributed by atoms with Crippen LogP contribution in [0, 0.1) is 5.92 Å². The van der Waals surface area contributed by atoms with Gasteiger partial charge in [0.05, 0.1) is 0 Å². The van der Waals surface area contributed by atoms with E-state index in [1.165, 1.54) is 4.31 Å². The molecule has 0 bridgehead atoms. The fourth-order valence-corrected chi connectivity index (χ4v) is 4.47. The van der Waals surface area contributed by atoms with Gasteiger partial charge in [0, 0.05) is 31.5 Å². The molecule has 0 aromatic heterocycles. The van der Waals surface area contributed by atoms with Crippen molar-refractivity contribution in [1.82, 2.24) is 8.61 Å². The average molecular weight is 313 g/mol. The summed E-state index contributed by atoms with van der Waals surface area (Å²) in [5, 5.41) is 0.955. The highest BCUT2D eigenvalue weighted by Gasteiger charge is 2.33. The second-order valence-corrected chi connectivity index (χ2v) is 6.80. The summed E-state index contributed by atoms with van der Waals surface area (Å²) >= 11 is 3.41. The summed E-state index contributed by atoms with van der Waals surface area (Å²) in [6.07, 6.45) is 2.05. The van der Waals surface area contributed by atoms with Crippen LogP contribution in [0.15, 0.2) is 0 Å². The molecule has 16 heavy (non-hydrogen) atoms. The molecule has 96 valence electrons. The molecule has 0 aromatic rings. The van der Waals surface area contributed by atoms with Crippen LogP contribution in [0.2, 0.25) is 0 Å². The van der Waals surface area contributed by atoms with Gasteiger partial charge < -0.3 is 0 Å². The van der Waals surface area contributed by atoms with E-state index in [2.05, 4.69) is 15.9 Å². The third kappa shape index (κ3) is 3.18. The summed E-state index contributed by atoms with van der Waals surface area (Å²) in [5.74, 6) is 0.518. The third-order valence-corrected chi connectivity index (χ3v) is 5.73. The highest BCUT2D eigenvalue weighted by molar-refractivity contribution is 9.09. The summed E-state index contributed by atoms with van der Waals surface area (Å²) in [5.41, 5.74) is 0. The smallest absolute Gasteiger partial charge is 0.195 e. The van der Waals surface area contributed by atoms with Gasteiger partial charge in [-0.05, 0) is 18.8 Å². The molecule has 0 amide bonds. The average Bonchev–Trinajstić information content (AvgIpc) is 2.69. The minimum atomic E-state index is -3.20. The molecule has 1 rings (SSSR count). The summed E-state index contributed by atoms with van der Waals surface area (Å²) in [7, 11) is -3.20. The van der Waals surface area contributed by atoms with Crippen molar-refractivity contribution < 1.29 is 8.42 Å². The second-order valence-electron chi connectivity index (χ2n) is 4.08. The van der Waals surface area contributed by atoms with Crippen molar-refractivity contribution in [3.63, 3.8) is 0 Å². The second kappa shape index (κ2) is 6.33. The lowest BCUT2D eigenvalue weighted by Crippen LogP contribution is -2.42. The molecule has 0 aromatic carbocycles. The fraction of sp³-hybridized carbons (Fsp3) is 1.00. The largest absolute Gasteiger partial charge is 0.281 e. The zero-order valence-electron chi connectivity index (χ0n) is 10.0. The predicted octanol–water partition coefficient (Wildman–Crippen LogP) is 1.68. The van der Waals surface area contributed by atoms with Crippen molar-refractivity contribution in [2.45, 2.75) is 26.7 Å². The van der Waals surface area contributed by atoms with Crippen molar-refractivity contribution in [2.24, 2.45) is 5.92 Å². The van der Waals surface area contributed by atoms with Gasteiger partial charge in [0.15, 0.2) is 0 Å². The summed E-state index contributed by atoms with van der Waals surface area (Å²) in [6.45, 7) is 6.23. The molecular formula is C10H21BrN2O2S. The van der Waals surface area contributed by atoms with Gasteiger partial charge in [0.25, 0.3) is 10.2 Å². The summed E-state index contributed by atoms with van der Waals surface area (Å²) in [4.78, 5) is 0. The van der Waals surface area contributed by atoms with Gasteiger partial charge >= 0.3 is 0 Å². The lowest BCUT2D eigenvalue weighted by Gasteiger charge is -2.25. The van der Waals surface area contributed by atoms with E-state index in [9.17, 15) is 8.42 Å². The van der Waals surface area contributed by atoms with Crippen LogP contribution in [0.25, 0.3) is 0 Å². The zero-order valence-corrected chi connectivity index (χ0v) is 12.4. The summed E-state index contributed by atoms with van der Waals surface area (Å²) < 4.78 is 27.5. The topological polar surface area (TPSA) is 40.6 Å². The van der Waals surface area contributed by atoms with Crippen LogP contribution >= 0.6 is 15.9 Å². The fourth-order valence-electron chi connectivity index (χ4n) is 2.11. The van der Waals surface area contributed by atoms with E-state index >= 15 is 0 Å². The molecule has 6 heteroatoms. The molecule has 1 aliphatic rings. The van der Waals surface area contributed by atoms with Gasteiger partial charge in [-0.2, -0.15) is 17.0 Å². The van der Waals surface area contributed by atoms with Crippen LogP contribution in [0.4, 0.5) is 0 Å². The summed E-state index contributed by atoms with van der Waals surface area (Å²) in [6, 6.07) is 0. The van der Waals surface area contributed by atoms with E-state index in [0.717, 1.165) is 18.2 Å². The molecule has 0 saturated carbocycles. The lowest BCUT2D eigenvalue weighted by molar-refractivity contribution is 0.372. The van der Waals surface area contributed by atoms with Crippen molar-refractivity contribution in [3.8, 4) is 0 Å². The van der Waals surface area contributed by atoms with Crippen molar-refractivity contribution in [3.05, 3.63) is 0 Å². The Labute approximate surface area is 107 Å². The Balaban J connectivity index is 2.64. The normalized spacial score (nSPS) is 23.1. The molecule has 1 heterocycles. The van der Waals surface area contributed by atoms with Gasteiger partial charge in [0.2, 0.25) is 0 Å². The molecule has 0 radical (unpaired) electrons. The minimum Gasteiger partial charge on any atom is -0.195 e. The predicted molar refractivity (Wildman–Crippen MR) is 69.9 cm³/mol. The van der Waals surface area contributed by atoms with Crippen LogP contribution in [-0.2, 0) is 10.2 Å². The third-order valence-electron chi connectivity index (χ3n) is 3.12. The first-order chi connectivity index (χ1) is 7.56. The number of nitrogens with zero attached hydrogens (tertiary/aromatic N) is 2. The Morgan fingerprint density at radius 2 is 2.00 bits per heavy atom. The van der Waals surface area contributed by atoms with E-state index in [0.29, 0.717) is 32.1 Å². The first-order valence-corrected chi connectivity index (χ1v) is 8.39. The first kappa shape index (κ1) is 14.4. The Hall–Kier alpha value is 0.350. The molecule has 0 spiro atoms. The molecular weight excluding hydrogens is 292 g/mol. The van der Waals surface area contributed by atoms with E-state index < -0.39 is 10.2 Å². The van der Waals surface area contributed by atoms with Crippen molar-refractivity contribution in [1.29, 1.82) is 0 Å². The van der Waals surface area contributed by atoms with Gasteiger partial charge in [-0.1, -0.05) is 29.8 Å². The maximum atomic E-state index is 12.2. The Kier molecular flexibility index (Phi) is 5.70. The van der Waals surface area contributed by atoms with Crippen LogP contribution in [0.3, 0.4) is 0 Å². The van der Waals surface area contributed by atoms with E-state index in [1.807, 2.05) is 13.8 Å². The van der Waals surface area contributed by atoms with Crippen LogP contribution in [-0.4, -0.2) is 48.5 Å².